The molecule has 0 aliphatic carbocycles. The quantitative estimate of drug-likeness (QED) is 0.528. The van der Waals surface area contributed by atoms with Gasteiger partial charge in [-0.3, -0.25) is 0 Å². The van der Waals surface area contributed by atoms with Crippen molar-refractivity contribution in [3.05, 3.63) is 59.9 Å². The summed E-state index contributed by atoms with van der Waals surface area (Å²) in [6.45, 7) is 6.84. The van der Waals surface area contributed by atoms with Crippen molar-refractivity contribution in [3.63, 3.8) is 0 Å². The summed E-state index contributed by atoms with van der Waals surface area (Å²) in [4.78, 5) is 0.0592. The lowest BCUT2D eigenvalue weighted by molar-refractivity contribution is 0.611. The summed E-state index contributed by atoms with van der Waals surface area (Å²) in [6, 6.07) is 1.62. The van der Waals surface area contributed by atoms with Gasteiger partial charge in [-0.05, 0) is 12.2 Å². The zero-order chi connectivity index (χ0) is 11.7. The highest BCUT2D eigenvalue weighted by molar-refractivity contribution is 7.98. The fourth-order valence-electron chi connectivity index (χ4n) is 0.723. The van der Waals surface area contributed by atoms with Gasteiger partial charge in [-0.2, -0.15) is 5.26 Å². The monoisotopic (exact) mass is 221 g/mol. The molecular formula is C11H11NO2S. The van der Waals surface area contributed by atoms with Gasteiger partial charge < -0.3 is 0 Å². The van der Waals surface area contributed by atoms with Gasteiger partial charge in [0.15, 0.2) is 0 Å². The molecule has 0 saturated carbocycles. The molecule has 0 fully saturated rings. The molecular weight excluding hydrogens is 210 g/mol. The van der Waals surface area contributed by atoms with Crippen LogP contribution in [0.1, 0.15) is 0 Å². The SMILES string of the molecule is C=C/C=C\C(=C/C=C)S(=O)(=O)/C=C/C#N. The number of rotatable bonds is 5. The van der Waals surface area contributed by atoms with Crippen molar-refractivity contribution in [1.82, 2.24) is 0 Å². The van der Waals surface area contributed by atoms with Crippen LogP contribution in [0.25, 0.3) is 0 Å². The highest BCUT2D eigenvalue weighted by Gasteiger charge is 2.09. The first-order valence-electron chi connectivity index (χ1n) is 4.01. The van der Waals surface area contributed by atoms with Crippen LogP contribution >= 0.6 is 0 Å². The Morgan fingerprint density at radius 2 is 1.93 bits per heavy atom. The Bertz CT molecular complexity index is 459. The minimum atomic E-state index is -3.57. The van der Waals surface area contributed by atoms with Crippen molar-refractivity contribution in [1.29, 1.82) is 5.26 Å². The van der Waals surface area contributed by atoms with E-state index in [2.05, 4.69) is 13.2 Å². The van der Waals surface area contributed by atoms with Crippen molar-refractivity contribution in [2.45, 2.75) is 0 Å². The van der Waals surface area contributed by atoms with E-state index in [1.165, 1.54) is 30.4 Å². The topological polar surface area (TPSA) is 57.9 Å². The van der Waals surface area contributed by atoms with Crippen LogP contribution in [0.4, 0.5) is 0 Å². The molecule has 4 heteroatoms. The Hall–Kier alpha value is -1.86. The zero-order valence-electron chi connectivity index (χ0n) is 8.13. The van der Waals surface area contributed by atoms with E-state index < -0.39 is 9.84 Å². The second-order valence-electron chi connectivity index (χ2n) is 2.38. The highest BCUT2D eigenvalue weighted by Crippen LogP contribution is 2.11. The van der Waals surface area contributed by atoms with E-state index in [-0.39, 0.29) is 4.91 Å². The summed E-state index contributed by atoms with van der Waals surface area (Å²) >= 11 is 0. The average molecular weight is 221 g/mol. The van der Waals surface area contributed by atoms with E-state index in [9.17, 15) is 8.42 Å². The molecule has 0 aromatic heterocycles. The maximum atomic E-state index is 11.5. The maximum absolute atomic E-state index is 11.5. The van der Waals surface area contributed by atoms with Gasteiger partial charge in [0.1, 0.15) is 0 Å². The molecule has 0 bridgehead atoms. The predicted octanol–water partition coefficient (Wildman–Crippen LogP) is 2.25. The fourth-order valence-corrected chi connectivity index (χ4v) is 1.67. The van der Waals surface area contributed by atoms with Crippen LogP contribution in [0.5, 0.6) is 0 Å². The first-order chi connectivity index (χ1) is 7.08. The normalized spacial score (nSPS) is 12.9. The molecule has 0 unspecified atom stereocenters. The Morgan fingerprint density at radius 1 is 1.27 bits per heavy atom. The molecule has 0 rings (SSSR count). The number of nitrogens with zero attached hydrogens (tertiary/aromatic N) is 1. The molecule has 3 nitrogen and oxygen atoms in total. The van der Waals surface area contributed by atoms with Gasteiger partial charge >= 0.3 is 0 Å². The summed E-state index contributed by atoms with van der Waals surface area (Å²) in [7, 11) is -3.57. The Labute approximate surface area is 90.0 Å². The number of hydrogen-bond acceptors (Lipinski definition) is 3. The smallest absolute Gasteiger partial charge is 0.200 e. The summed E-state index contributed by atoms with van der Waals surface area (Å²) in [5.41, 5.74) is 0. The third-order valence-electron chi connectivity index (χ3n) is 1.33. The summed E-state index contributed by atoms with van der Waals surface area (Å²) in [5.74, 6) is 0. The molecule has 0 aromatic rings. The van der Waals surface area contributed by atoms with Crippen LogP contribution in [0.2, 0.25) is 0 Å². The molecule has 0 aliphatic heterocycles. The van der Waals surface area contributed by atoms with Crippen LogP contribution in [0.15, 0.2) is 59.9 Å². The number of hydrogen-bond donors (Lipinski definition) is 0. The standard InChI is InChI=1S/C11H11NO2S/c1-3-5-8-11(7-4-2)15(13,14)10-6-9-12/h3-8,10H,1-2H2/b8-5-,10-6+,11-7+. The van der Waals surface area contributed by atoms with E-state index >= 15 is 0 Å². The molecule has 0 aromatic carbocycles. The molecule has 15 heavy (non-hydrogen) atoms. The second kappa shape index (κ2) is 6.57. The molecule has 0 aliphatic rings. The third kappa shape index (κ3) is 4.79. The van der Waals surface area contributed by atoms with E-state index in [1.54, 1.807) is 6.07 Å². The number of sulfone groups is 1. The van der Waals surface area contributed by atoms with Crippen molar-refractivity contribution in [2.75, 3.05) is 0 Å². The second-order valence-corrected chi connectivity index (χ2v) is 4.21. The molecule has 0 spiro atoms. The third-order valence-corrected chi connectivity index (χ3v) is 2.75. The molecule has 0 atom stereocenters. The Kier molecular flexibility index (Phi) is 5.76. The van der Waals surface area contributed by atoms with Crippen molar-refractivity contribution < 1.29 is 8.42 Å². The van der Waals surface area contributed by atoms with Crippen molar-refractivity contribution >= 4 is 9.84 Å². The van der Waals surface area contributed by atoms with Crippen LogP contribution in [0, 0.1) is 11.3 Å². The number of nitriles is 1. The Morgan fingerprint density at radius 3 is 2.40 bits per heavy atom. The van der Waals surface area contributed by atoms with E-state index in [1.807, 2.05) is 0 Å². The van der Waals surface area contributed by atoms with E-state index in [0.717, 1.165) is 11.5 Å². The fraction of sp³-hybridized carbons (Fsp3) is 0. The molecule has 0 amide bonds. The van der Waals surface area contributed by atoms with Gasteiger partial charge in [0, 0.05) is 11.5 Å². The predicted molar refractivity (Wildman–Crippen MR) is 61.3 cm³/mol. The molecule has 0 radical (unpaired) electrons. The van der Waals surface area contributed by atoms with Crippen molar-refractivity contribution in [2.24, 2.45) is 0 Å². The lowest BCUT2D eigenvalue weighted by Gasteiger charge is -1.97. The van der Waals surface area contributed by atoms with Gasteiger partial charge in [-0.1, -0.05) is 31.4 Å². The first-order valence-corrected chi connectivity index (χ1v) is 5.56. The van der Waals surface area contributed by atoms with Gasteiger partial charge in [0.2, 0.25) is 9.84 Å². The maximum Gasteiger partial charge on any atom is 0.200 e. The average Bonchev–Trinajstić information content (AvgIpc) is 2.21. The van der Waals surface area contributed by atoms with Gasteiger partial charge in [0.05, 0.1) is 11.0 Å². The van der Waals surface area contributed by atoms with E-state index in [4.69, 9.17) is 5.26 Å². The van der Waals surface area contributed by atoms with Crippen LogP contribution in [-0.4, -0.2) is 8.42 Å². The Balaban J connectivity index is 5.29. The van der Waals surface area contributed by atoms with Crippen LogP contribution in [-0.2, 0) is 9.84 Å². The van der Waals surface area contributed by atoms with Gasteiger partial charge in [-0.15, -0.1) is 0 Å². The zero-order valence-corrected chi connectivity index (χ0v) is 8.94. The van der Waals surface area contributed by atoms with Gasteiger partial charge in [0.25, 0.3) is 0 Å². The van der Waals surface area contributed by atoms with Crippen LogP contribution in [0.3, 0.4) is 0 Å². The van der Waals surface area contributed by atoms with Crippen molar-refractivity contribution in [3.8, 4) is 6.07 Å². The molecule has 0 heterocycles. The minimum Gasteiger partial charge on any atom is -0.219 e. The number of allylic oxidation sites excluding steroid dienone is 6. The summed E-state index contributed by atoms with van der Waals surface area (Å²) in [5, 5.41) is 9.09. The summed E-state index contributed by atoms with van der Waals surface area (Å²) < 4.78 is 23.1. The lowest BCUT2D eigenvalue weighted by atomic mass is 10.4. The first kappa shape index (κ1) is 13.1. The molecule has 0 saturated heterocycles. The largest absolute Gasteiger partial charge is 0.219 e. The highest BCUT2D eigenvalue weighted by atomic mass is 32.2. The van der Waals surface area contributed by atoms with Crippen LogP contribution < -0.4 is 0 Å². The minimum absolute atomic E-state index is 0.0592. The molecule has 78 valence electrons. The lowest BCUT2D eigenvalue weighted by Crippen LogP contribution is -1.97. The van der Waals surface area contributed by atoms with E-state index in [0.29, 0.717) is 0 Å². The summed E-state index contributed by atoms with van der Waals surface area (Å²) in [6.07, 6.45) is 7.95. The van der Waals surface area contributed by atoms with Gasteiger partial charge in [-0.25, -0.2) is 8.42 Å². The molecule has 0 N–H and O–H groups in total.